The molecule has 1 fully saturated rings. The van der Waals surface area contributed by atoms with E-state index in [9.17, 15) is 0 Å². The van der Waals surface area contributed by atoms with Crippen LogP contribution in [-0.2, 0) is 0 Å². The van der Waals surface area contributed by atoms with E-state index in [0.717, 1.165) is 13.1 Å². The largest absolute Gasteiger partial charge is 0.312 e. The molecule has 2 heterocycles. The van der Waals surface area contributed by atoms with Crippen LogP contribution in [0.15, 0.2) is 12.3 Å². The summed E-state index contributed by atoms with van der Waals surface area (Å²) in [5.41, 5.74) is 1.27. The fourth-order valence-electron chi connectivity index (χ4n) is 1.57. The van der Waals surface area contributed by atoms with Crippen LogP contribution in [0.25, 0.3) is 0 Å². The van der Waals surface area contributed by atoms with Crippen LogP contribution in [0.2, 0.25) is 0 Å². The van der Waals surface area contributed by atoms with Crippen molar-refractivity contribution in [3.63, 3.8) is 0 Å². The van der Waals surface area contributed by atoms with Crippen LogP contribution in [0, 0.1) is 0 Å². The highest BCUT2D eigenvalue weighted by atomic mass is 15.3. The van der Waals surface area contributed by atoms with Crippen molar-refractivity contribution in [1.29, 1.82) is 0 Å². The van der Waals surface area contributed by atoms with E-state index < -0.39 is 0 Å². The normalized spacial score (nSPS) is 19.8. The van der Waals surface area contributed by atoms with Gasteiger partial charge in [0.05, 0.1) is 11.7 Å². The molecule has 1 atom stereocenters. The third-order valence-electron chi connectivity index (χ3n) is 2.68. The predicted molar refractivity (Wildman–Crippen MR) is 51.6 cm³/mol. The summed E-state index contributed by atoms with van der Waals surface area (Å²) in [4.78, 5) is 0. The molecule has 0 saturated carbocycles. The Morgan fingerprint density at radius 3 is 3.00 bits per heavy atom. The van der Waals surface area contributed by atoms with E-state index in [1.54, 1.807) is 0 Å². The van der Waals surface area contributed by atoms with Crippen molar-refractivity contribution in [2.75, 3.05) is 20.1 Å². The molecule has 72 valence electrons. The van der Waals surface area contributed by atoms with Gasteiger partial charge in [0, 0.05) is 25.3 Å². The summed E-state index contributed by atoms with van der Waals surface area (Å²) in [5, 5.41) is 10.8. The van der Waals surface area contributed by atoms with E-state index in [-0.39, 0.29) is 0 Å². The van der Waals surface area contributed by atoms with Crippen molar-refractivity contribution in [3.05, 3.63) is 18.0 Å². The quantitative estimate of drug-likeness (QED) is 0.703. The van der Waals surface area contributed by atoms with E-state index in [1.807, 2.05) is 13.2 Å². The van der Waals surface area contributed by atoms with Crippen LogP contribution in [0.5, 0.6) is 0 Å². The molecule has 1 aromatic rings. The first-order valence-corrected chi connectivity index (χ1v) is 4.74. The zero-order valence-corrected chi connectivity index (χ0v) is 8.12. The maximum absolute atomic E-state index is 4.34. The van der Waals surface area contributed by atoms with E-state index in [2.05, 4.69) is 33.4 Å². The Morgan fingerprint density at radius 2 is 2.46 bits per heavy atom. The van der Waals surface area contributed by atoms with Gasteiger partial charge in [-0.1, -0.05) is 0 Å². The molecule has 13 heavy (non-hydrogen) atoms. The molecular weight excluding hydrogens is 164 g/mol. The average molecular weight is 180 g/mol. The minimum Gasteiger partial charge on any atom is -0.312 e. The third-order valence-corrected chi connectivity index (χ3v) is 2.68. The van der Waals surface area contributed by atoms with Gasteiger partial charge in [-0.2, -0.15) is 5.10 Å². The van der Waals surface area contributed by atoms with Crippen molar-refractivity contribution in [2.45, 2.75) is 19.0 Å². The number of rotatable bonds is 3. The van der Waals surface area contributed by atoms with Gasteiger partial charge in [-0.05, 0) is 20.0 Å². The molecule has 4 nitrogen and oxygen atoms in total. The van der Waals surface area contributed by atoms with E-state index in [0.29, 0.717) is 12.1 Å². The van der Waals surface area contributed by atoms with Crippen molar-refractivity contribution in [1.82, 2.24) is 20.4 Å². The molecule has 1 aliphatic heterocycles. The molecule has 4 heteroatoms. The van der Waals surface area contributed by atoms with E-state index in [1.165, 1.54) is 5.69 Å². The van der Waals surface area contributed by atoms with Gasteiger partial charge in [0.2, 0.25) is 0 Å². The molecule has 0 spiro atoms. The zero-order valence-electron chi connectivity index (χ0n) is 8.12. The molecule has 0 aromatic carbocycles. The fraction of sp³-hybridized carbons (Fsp3) is 0.667. The Kier molecular flexibility index (Phi) is 2.33. The van der Waals surface area contributed by atoms with Crippen molar-refractivity contribution in [2.24, 2.45) is 0 Å². The number of hydrogen-bond donors (Lipinski definition) is 2. The summed E-state index contributed by atoms with van der Waals surface area (Å²) in [6.45, 7) is 4.25. The standard InChI is InChI=1S/C9H16N4/c1-7(10-2)9-3-4-12-13(9)8-5-11-6-8/h3-4,7-8,10-11H,5-6H2,1-2H3. The van der Waals surface area contributed by atoms with Crippen LogP contribution in [0.1, 0.15) is 24.7 Å². The van der Waals surface area contributed by atoms with Gasteiger partial charge in [-0.3, -0.25) is 4.68 Å². The molecular formula is C9H16N4. The maximum Gasteiger partial charge on any atom is 0.0771 e. The smallest absolute Gasteiger partial charge is 0.0771 e. The minimum atomic E-state index is 0.378. The Morgan fingerprint density at radius 1 is 1.69 bits per heavy atom. The molecule has 1 aliphatic rings. The average Bonchev–Trinajstić information content (AvgIpc) is 2.49. The molecule has 2 N–H and O–H groups in total. The van der Waals surface area contributed by atoms with Crippen LogP contribution in [0.4, 0.5) is 0 Å². The molecule has 0 aliphatic carbocycles. The topological polar surface area (TPSA) is 41.9 Å². The first-order chi connectivity index (χ1) is 6.33. The van der Waals surface area contributed by atoms with Crippen LogP contribution < -0.4 is 10.6 Å². The second-order valence-corrected chi connectivity index (χ2v) is 3.52. The Bertz CT molecular complexity index is 258. The Balaban J connectivity index is 2.19. The van der Waals surface area contributed by atoms with Gasteiger partial charge in [0.1, 0.15) is 0 Å². The van der Waals surface area contributed by atoms with Gasteiger partial charge in [-0.15, -0.1) is 0 Å². The SMILES string of the molecule is CNC(C)c1ccnn1C1CNC1. The minimum absolute atomic E-state index is 0.378. The molecule has 1 saturated heterocycles. The highest BCUT2D eigenvalue weighted by Gasteiger charge is 2.22. The van der Waals surface area contributed by atoms with Gasteiger partial charge in [0.25, 0.3) is 0 Å². The molecule has 0 radical (unpaired) electrons. The second-order valence-electron chi connectivity index (χ2n) is 3.52. The predicted octanol–water partition coefficient (Wildman–Crippen LogP) is 0.308. The van der Waals surface area contributed by atoms with Gasteiger partial charge >= 0.3 is 0 Å². The summed E-state index contributed by atoms with van der Waals surface area (Å²) in [7, 11) is 1.97. The first kappa shape index (κ1) is 8.72. The summed E-state index contributed by atoms with van der Waals surface area (Å²) < 4.78 is 2.12. The lowest BCUT2D eigenvalue weighted by Gasteiger charge is -2.30. The van der Waals surface area contributed by atoms with Gasteiger partial charge < -0.3 is 10.6 Å². The number of nitrogens with one attached hydrogen (secondary N) is 2. The van der Waals surface area contributed by atoms with Crippen LogP contribution in [0.3, 0.4) is 0 Å². The summed E-state index contributed by atoms with van der Waals surface area (Å²) >= 11 is 0. The van der Waals surface area contributed by atoms with Gasteiger partial charge in [0.15, 0.2) is 0 Å². The molecule has 2 rings (SSSR count). The van der Waals surface area contributed by atoms with Crippen LogP contribution >= 0.6 is 0 Å². The lowest BCUT2D eigenvalue weighted by molar-refractivity contribution is 0.304. The molecule has 1 unspecified atom stereocenters. The van der Waals surface area contributed by atoms with Crippen molar-refractivity contribution < 1.29 is 0 Å². The molecule has 1 aromatic heterocycles. The lowest BCUT2D eigenvalue weighted by atomic mass is 10.1. The second kappa shape index (κ2) is 3.47. The number of hydrogen-bond acceptors (Lipinski definition) is 3. The Hall–Kier alpha value is -0.870. The summed E-state index contributed by atoms with van der Waals surface area (Å²) in [6, 6.07) is 3.02. The van der Waals surface area contributed by atoms with Crippen LogP contribution in [-0.4, -0.2) is 29.9 Å². The summed E-state index contributed by atoms with van der Waals surface area (Å²) in [5.74, 6) is 0. The highest BCUT2D eigenvalue weighted by Crippen LogP contribution is 2.18. The number of nitrogens with zero attached hydrogens (tertiary/aromatic N) is 2. The maximum atomic E-state index is 4.34. The number of aromatic nitrogens is 2. The monoisotopic (exact) mass is 180 g/mol. The van der Waals surface area contributed by atoms with Crippen molar-refractivity contribution in [3.8, 4) is 0 Å². The van der Waals surface area contributed by atoms with E-state index in [4.69, 9.17) is 0 Å². The molecule has 0 bridgehead atoms. The van der Waals surface area contributed by atoms with Gasteiger partial charge in [-0.25, -0.2) is 0 Å². The third kappa shape index (κ3) is 1.47. The highest BCUT2D eigenvalue weighted by molar-refractivity contribution is 5.08. The summed E-state index contributed by atoms with van der Waals surface area (Å²) in [6.07, 6.45) is 1.88. The van der Waals surface area contributed by atoms with E-state index >= 15 is 0 Å². The van der Waals surface area contributed by atoms with Crippen molar-refractivity contribution >= 4 is 0 Å². The lowest BCUT2D eigenvalue weighted by Crippen LogP contribution is -2.44. The first-order valence-electron chi connectivity index (χ1n) is 4.74. The Labute approximate surface area is 78.3 Å². The molecule has 0 amide bonds. The zero-order chi connectivity index (χ0) is 9.26. The fourth-order valence-corrected chi connectivity index (χ4v) is 1.57.